The van der Waals surface area contributed by atoms with Crippen LogP contribution in [0, 0.1) is 0 Å². The lowest BCUT2D eigenvalue weighted by molar-refractivity contribution is 0.199. The van der Waals surface area contributed by atoms with E-state index in [4.69, 9.17) is 9.26 Å². The minimum atomic E-state index is 0.700. The van der Waals surface area contributed by atoms with Gasteiger partial charge in [0.15, 0.2) is 5.76 Å². The molecule has 1 heterocycles. The highest BCUT2D eigenvalue weighted by Crippen LogP contribution is 2.41. The number of methoxy groups -OCH3 is 1. The summed E-state index contributed by atoms with van der Waals surface area (Å²) in [5.74, 6) is 0.917. The van der Waals surface area contributed by atoms with Crippen molar-refractivity contribution in [3.05, 3.63) is 39.5 Å². The number of halogens is 1. The molecule has 1 N–H and O–H groups in total. The molecular formula is C14H15BrN2O2. The molecule has 0 unspecified atom stereocenters. The fourth-order valence-corrected chi connectivity index (χ4v) is 2.89. The molecule has 0 fully saturated rings. The molecule has 0 atom stereocenters. The fraction of sp³-hybridized carbons (Fsp3) is 0.357. The molecule has 0 radical (unpaired) electrons. The number of fused-ring (bicyclic) bond motifs is 3. The molecule has 0 amide bonds. The van der Waals surface area contributed by atoms with Crippen molar-refractivity contribution >= 4 is 15.9 Å². The third-order valence-electron chi connectivity index (χ3n) is 3.36. The number of benzene rings is 1. The van der Waals surface area contributed by atoms with Crippen LogP contribution in [-0.2, 0) is 17.7 Å². The van der Waals surface area contributed by atoms with Gasteiger partial charge in [0.05, 0.1) is 6.61 Å². The van der Waals surface area contributed by atoms with Crippen molar-refractivity contribution in [1.82, 2.24) is 10.5 Å². The van der Waals surface area contributed by atoms with Crippen LogP contribution >= 0.6 is 15.9 Å². The van der Waals surface area contributed by atoms with Crippen LogP contribution in [0.2, 0.25) is 0 Å². The molecule has 4 nitrogen and oxygen atoms in total. The lowest BCUT2D eigenvalue weighted by Gasteiger charge is -2.03. The predicted octanol–water partition coefficient (Wildman–Crippen LogP) is 2.74. The van der Waals surface area contributed by atoms with Crippen molar-refractivity contribution in [3.63, 3.8) is 0 Å². The second-order valence-corrected chi connectivity index (χ2v) is 5.40. The van der Waals surface area contributed by atoms with Gasteiger partial charge in [0.1, 0.15) is 5.69 Å². The third-order valence-corrected chi connectivity index (χ3v) is 4.10. The molecule has 2 aromatic rings. The van der Waals surface area contributed by atoms with E-state index in [1.807, 2.05) is 6.07 Å². The Morgan fingerprint density at radius 3 is 3.16 bits per heavy atom. The number of aromatic nitrogens is 1. The Kier molecular flexibility index (Phi) is 3.68. The highest BCUT2D eigenvalue weighted by Gasteiger charge is 2.27. The van der Waals surface area contributed by atoms with E-state index >= 15 is 0 Å². The van der Waals surface area contributed by atoms with E-state index in [9.17, 15) is 0 Å². The van der Waals surface area contributed by atoms with Gasteiger partial charge in [-0.1, -0.05) is 33.2 Å². The van der Waals surface area contributed by atoms with E-state index in [2.05, 4.69) is 38.5 Å². The minimum Gasteiger partial charge on any atom is -0.383 e. The Balaban J connectivity index is 1.80. The fourth-order valence-electron chi connectivity index (χ4n) is 2.38. The van der Waals surface area contributed by atoms with Crippen LogP contribution in [0.4, 0.5) is 0 Å². The third kappa shape index (κ3) is 2.33. The topological polar surface area (TPSA) is 47.3 Å². The van der Waals surface area contributed by atoms with Crippen molar-refractivity contribution < 1.29 is 9.26 Å². The summed E-state index contributed by atoms with van der Waals surface area (Å²) in [7, 11) is 1.70. The zero-order chi connectivity index (χ0) is 13.2. The normalized spacial score (nSPS) is 12.5. The Labute approximate surface area is 120 Å². The average molecular weight is 323 g/mol. The van der Waals surface area contributed by atoms with Crippen molar-refractivity contribution in [2.75, 3.05) is 20.3 Å². The molecule has 1 aliphatic carbocycles. The summed E-state index contributed by atoms with van der Waals surface area (Å²) in [4.78, 5) is 0. The quantitative estimate of drug-likeness (QED) is 0.734. The van der Waals surface area contributed by atoms with Gasteiger partial charge in [0.25, 0.3) is 0 Å². The molecule has 3 rings (SSSR count). The van der Waals surface area contributed by atoms with E-state index in [-0.39, 0.29) is 0 Å². The summed E-state index contributed by atoms with van der Waals surface area (Å²) in [5, 5.41) is 7.47. The van der Waals surface area contributed by atoms with Crippen LogP contribution in [0.15, 0.2) is 27.2 Å². The van der Waals surface area contributed by atoms with Crippen molar-refractivity contribution in [1.29, 1.82) is 0 Å². The first kappa shape index (κ1) is 12.8. The standard InChI is InChI=1S/C14H15BrN2O2/c1-18-6-5-16-8-13-11-7-10-9(14(11)19-17-13)3-2-4-12(10)15/h2-4,16H,5-8H2,1H3. The Morgan fingerprint density at radius 1 is 1.42 bits per heavy atom. The Bertz CT molecular complexity index is 595. The second kappa shape index (κ2) is 5.45. The van der Waals surface area contributed by atoms with Crippen molar-refractivity contribution in [2.24, 2.45) is 0 Å². The lowest BCUT2D eigenvalue weighted by atomic mass is 10.1. The molecule has 0 spiro atoms. The Hall–Kier alpha value is -1.17. The van der Waals surface area contributed by atoms with Gasteiger partial charge in [-0.3, -0.25) is 0 Å². The maximum absolute atomic E-state index is 5.50. The van der Waals surface area contributed by atoms with E-state index in [1.165, 1.54) is 11.1 Å². The van der Waals surface area contributed by atoms with Crippen molar-refractivity contribution in [3.8, 4) is 11.3 Å². The first-order chi connectivity index (χ1) is 9.31. The molecule has 100 valence electrons. The first-order valence-electron chi connectivity index (χ1n) is 6.26. The molecule has 5 heteroatoms. The maximum Gasteiger partial charge on any atom is 0.171 e. The van der Waals surface area contributed by atoms with Crippen molar-refractivity contribution in [2.45, 2.75) is 13.0 Å². The van der Waals surface area contributed by atoms with Gasteiger partial charge in [-0.05, 0) is 11.6 Å². The molecule has 0 saturated heterocycles. The molecular weight excluding hydrogens is 308 g/mol. The molecule has 1 aromatic heterocycles. The van der Waals surface area contributed by atoms with Gasteiger partial charge in [-0.15, -0.1) is 0 Å². The number of ether oxygens (including phenoxy) is 1. The summed E-state index contributed by atoms with van der Waals surface area (Å²) >= 11 is 3.59. The molecule has 0 saturated carbocycles. The van der Waals surface area contributed by atoms with Gasteiger partial charge < -0.3 is 14.6 Å². The SMILES string of the molecule is COCCNCc1noc2c1Cc1c(Br)cccc1-2. The number of nitrogens with zero attached hydrogens (tertiary/aromatic N) is 1. The summed E-state index contributed by atoms with van der Waals surface area (Å²) in [6, 6.07) is 6.17. The van der Waals surface area contributed by atoms with Crippen LogP contribution in [0.25, 0.3) is 11.3 Å². The van der Waals surface area contributed by atoms with Crippen LogP contribution in [0.1, 0.15) is 16.8 Å². The highest BCUT2D eigenvalue weighted by molar-refractivity contribution is 9.10. The van der Waals surface area contributed by atoms with Gasteiger partial charge in [0.2, 0.25) is 0 Å². The first-order valence-corrected chi connectivity index (χ1v) is 7.05. The lowest BCUT2D eigenvalue weighted by Crippen LogP contribution is -2.19. The van der Waals surface area contributed by atoms with Crippen LogP contribution < -0.4 is 5.32 Å². The van der Waals surface area contributed by atoms with E-state index in [0.29, 0.717) is 13.2 Å². The molecule has 1 aliphatic rings. The van der Waals surface area contributed by atoms with Gasteiger partial charge in [-0.2, -0.15) is 0 Å². The number of hydrogen-bond acceptors (Lipinski definition) is 4. The maximum atomic E-state index is 5.50. The van der Waals surface area contributed by atoms with Crippen LogP contribution in [0.3, 0.4) is 0 Å². The summed E-state index contributed by atoms with van der Waals surface area (Å²) < 4.78 is 11.6. The second-order valence-electron chi connectivity index (χ2n) is 4.55. The molecule has 0 bridgehead atoms. The minimum absolute atomic E-state index is 0.700. The molecule has 1 aromatic carbocycles. The monoisotopic (exact) mass is 322 g/mol. The summed E-state index contributed by atoms with van der Waals surface area (Å²) in [6.45, 7) is 2.23. The highest BCUT2D eigenvalue weighted by atomic mass is 79.9. The van der Waals surface area contributed by atoms with Crippen LogP contribution in [0.5, 0.6) is 0 Å². The molecule has 0 aliphatic heterocycles. The van der Waals surface area contributed by atoms with Gasteiger partial charge >= 0.3 is 0 Å². The zero-order valence-corrected chi connectivity index (χ0v) is 12.3. The zero-order valence-electron chi connectivity index (χ0n) is 10.7. The summed E-state index contributed by atoms with van der Waals surface area (Å²) in [6.07, 6.45) is 0.886. The predicted molar refractivity (Wildman–Crippen MR) is 76.0 cm³/mol. The van der Waals surface area contributed by atoms with E-state index < -0.39 is 0 Å². The van der Waals surface area contributed by atoms with E-state index in [0.717, 1.165) is 34.5 Å². The van der Waals surface area contributed by atoms with Crippen LogP contribution in [-0.4, -0.2) is 25.4 Å². The molecule has 19 heavy (non-hydrogen) atoms. The average Bonchev–Trinajstić information content (AvgIpc) is 2.96. The van der Waals surface area contributed by atoms with E-state index in [1.54, 1.807) is 7.11 Å². The number of nitrogens with one attached hydrogen (secondary N) is 1. The smallest absolute Gasteiger partial charge is 0.171 e. The largest absolute Gasteiger partial charge is 0.383 e. The van der Waals surface area contributed by atoms with Gasteiger partial charge in [0, 0.05) is 42.2 Å². The number of rotatable bonds is 5. The summed E-state index contributed by atoms with van der Waals surface area (Å²) in [5.41, 5.74) is 4.64. The number of hydrogen-bond donors (Lipinski definition) is 1. The Morgan fingerprint density at radius 2 is 2.32 bits per heavy atom. The van der Waals surface area contributed by atoms with Gasteiger partial charge in [-0.25, -0.2) is 0 Å².